The van der Waals surface area contributed by atoms with Gasteiger partial charge in [-0.2, -0.15) is 5.10 Å². The second-order valence-corrected chi connectivity index (χ2v) is 8.31. The Morgan fingerprint density at radius 1 is 1.48 bits per heavy atom. The van der Waals surface area contributed by atoms with Crippen LogP contribution >= 0.6 is 0 Å². The Labute approximate surface area is 153 Å². The van der Waals surface area contributed by atoms with Gasteiger partial charge in [-0.15, -0.1) is 0 Å². The molecule has 1 atom stereocenters. The van der Waals surface area contributed by atoms with Crippen LogP contribution in [-0.2, 0) is 16.6 Å². The van der Waals surface area contributed by atoms with Crippen molar-refractivity contribution in [2.45, 2.75) is 30.7 Å². The third-order valence-electron chi connectivity index (χ3n) is 4.67. The standard InChI is InChI=1S/C17H15F2N5O2S/c1-10-3-4-13(16-15(10)14(20-2)7-21-16)23-27(25,26)12-6-22-24(9-12)8-11-5-17(11,18)19/h3-4,6-7,9,11,21,23H,5,8H2,1H3. The van der Waals surface area contributed by atoms with Crippen molar-refractivity contribution in [2.75, 3.05) is 4.72 Å². The van der Waals surface area contributed by atoms with E-state index in [0.29, 0.717) is 22.3 Å². The second kappa shape index (κ2) is 5.79. The van der Waals surface area contributed by atoms with Gasteiger partial charge in [0.15, 0.2) is 0 Å². The molecule has 0 saturated heterocycles. The summed E-state index contributed by atoms with van der Waals surface area (Å²) in [6.45, 7) is 9.03. The van der Waals surface area contributed by atoms with Crippen molar-refractivity contribution < 1.29 is 17.2 Å². The highest BCUT2D eigenvalue weighted by atomic mass is 32.2. The summed E-state index contributed by atoms with van der Waals surface area (Å²) in [6, 6.07) is 3.33. The van der Waals surface area contributed by atoms with Gasteiger partial charge in [-0.1, -0.05) is 11.6 Å². The van der Waals surface area contributed by atoms with E-state index < -0.39 is 21.9 Å². The Balaban J connectivity index is 1.62. The van der Waals surface area contributed by atoms with Crippen LogP contribution in [0.4, 0.5) is 20.2 Å². The highest BCUT2D eigenvalue weighted by Crippen LogP contribution is 2.49. The van der Waals surface area contributed by atoms with Crippen molar-refractivity contribution >= 4 is 32.3 Å². The maximum Gasteiger partial charge on any atom is 0.265 e. The molecule has 0 spiro atoms. The van der Waals surface area contributed by atoms with Crippen molar-refractivity contribution in [2.24, 2.45) is 5.92 Å². The lowest BCUT2D eigenvalue weighted by molar-refractivity contribution is 0.0942. The topological polar surface area (TPSA) is 84.1 Å². The fraction of sp³-hybridized carbons (Fsp3) is 0.294. The van der Waals surface area contributed by atoms with Crippen molar-refractivity contribution in [1.82, 2.24) is 14.8 Å². The predicted octanol–water partition coefficient (Wildman–Crippen LogP) is 3.68. The minimum Gasteiger partial charge on any atom is -0.370 e. The number of fused-ring (bicyclic) bond motifs is 1. The zero-order chi connectivity index (χ0) is 19.4. The number of sulfonamides is 1. The molecule has 27 heavy (non-hydrogen) atoms. The van der Waals surface area contributed by atoms with E-state index in [9.17, 15) is 17.2 Å². The Morgan fingerprint density at radius 2 is 2.22 bits per heavy atom. The number of rotatable bonds is 5. The normalized spacial score (nSPS) is 18.4. The quantitative estimate of drug-likeness (QED) is 0.651. The first-order chi connectivity index (χ1) is 12.7. The summed E-state index contributed by atoms with van der Waals surface area (Å²) in [4.78, 5) is 6.24. The minimum atomic E-state index is -3.96. The molecule has 1 saturated carbocycles. The number of aromatic amines is 1. The zero-order valence-corrected chi connectivity index (χ0v) is 15.0. The molecule has 1 fully saturated rings. The molecule has 10 heteroatoms. The highest BCUT2D eigenvalue weighted by molar-refractivity contribution is 7.92. The molecule has 0 aliphatic heterocycles. The third kappa shape index (κ3) is 3.04. The molecule has 7 nitrogen and oxygen atoms in total. The van der Waals surface area contributed by atoms with Gasteiger partial charge < -0.3 is 4.98 Å². The number of anilines is 1. The molecule has 2 N–H and O–H groups in total. The number of halogens is 2. The zero-order valence-electron chi connectivity index (χ0n) is 14.2. The summed E-state index contributed by atoms with van der Waals surface area (Å²) >= 11 is 0. The fourth-order valence-corrected chi connectivity index (χ4v) is 4.08. The number of aryl methyl sites for hydroxylation is 1. The van der Waals surface area contributed by atoms with Crippen LogP contribution in [-0.4, -0.2) is 29.1 Å². The molecule has 1 aliphatic rings. The molecule has 2 heterocycles. The van der Waals surface area contributed by atoms with Gasteiger partial charge >= 0.3 is 0 Å². The van der Waals surface area contributed by atoms with Gasteiger partial charge in [0.25, 0.3) is 15.9 Å². The molecular weight excluding hydrogens is 376 g/mol. The molecule has 1 aliphatic carbocycles. The number of aromatic nitrogens is 3. The van der Waals surface area contributed by atoms with E-state index >= 15 is 0 Å². The van der Waals surface area contributed by atoms with Crippen LogP contribution in [0, 0.1) is 19.4 Å². The lowest BCUT2D eigenvalue weighted by Crippen LogP contribution is -2.13. The number of H-pyrrole nitrogens is 1. The molecule has 2 aromatic heterocycles. The Kier molecular flexibility index (Phi) is 3.75. The number of hydrogen-bond donors (Lipinski definition) is 2. The lowest BCUT2D eigenvalue weighted by atomic mass is 10.1. The summed E-state index contributed by atoms with van der Waals surface area (Å²) in [5.41, 5.74) is 2.06. The van der Waals surface area contributed by atoms with Crippen LogP contribution < -0.4 is 4.72 Å². The fourth-order valence-electron chi connectivity index (χ4n) is 3.05. The van der Waals surface area contributed by atoms with E-state index in [1.165, 1.54) is 17.1 Å². The van der Waals surface area contributed by atoms with E-state index in [0.717, 1.165) is 11.8 Å². The molecule has 140 valence electrons. The molecule has 1 aromatic carbocycles. The van der Waals surface area contributed by atoms with Crippen LogP contribution in [0.5, 0.6) is 0 Å². The van der Waals surface area contributed by atoms with Crippen molar-refractivity contribution in [1.29, 1.82) is 0 Å². The first kappa shape index (κ1) is 17.5. The van der Waals surface area contributed by atoms with Crippen LogP contribution in [0.2, 0.25) is 0 Å². The molecule has 0 amide bonds. The van der Waals surface area contributed by atoms with E-state index in [2.05, 4.69) is 19.6 Å². The van der Waals surface area contributed by atoms with Crippen molar-refractivity contribution in [3.8, 4) is 0 Å². The molecule has 3 aromatic rings. The monoisotopic (exact) mass is 391 g/mol. The average molecular weight is 391 g/mol. The van der Waals surface area contributed by atoms with Crippen LogP contribution in [0.1, 0.15) is 12.0 Å². The van der Waals surface area contributed by atoms with Gasteiger partial charge in [0, 0.05) is 36.7 Å². The Bertz CT molecular complexity index is 1190. The van der Waals surface area contributed by atoms with E-state index in [1.807, 2.05) is 6.92 Å². The average Bonchev–Trinajstić information content (AvgIpc) is 3.03. The summed E-state index contributed by atoms with van der Waals surface area (Å²) in [7, 11) is -3.96. The summed E-state index contributed by atoms with van der Waals surface area (Å²) in [6.07, 6.45) is 3.69. The SMILES string of the molecule is [C-]#[N+]c1c[nH]c2c(NS(=O)(=O)c3cnn(CC4CC4(F)F)c3)ccc(C)c12. The van der Waals surface area contributed by atoms with E-state index in [4.69, 9.17) is 6.57 Å². The van der Waals surface area contributed by atoms with Gasteiger partial charge in [0.1, 0.15) is 4.90 Å². The van der Waals surface area contributed by atoms with Crippen LogP contribution in [0.15, 0.2) is 35.6 Å². The molecule has 0 radical (unpaired) electrons. The molecule has 0 bridgehead atoms. The van der Waals surface area contributed by atoms with Gasteiger partial charge in [-0.3, -0.25) is 9.40 Å². The van der Waals surface area contributed by atoms with Crippen molar-refractivity contribution in [3.63, 3.8) is 0 Å². The van der Waals surface area contributed by atoms with E-state index in [-0.39, 0.29) is 17.9 Å². The number of benzene rings is 1. The number of nitrogens with zero attached hydrogens (tertiary/aromatic N) is 3. The minimum absolute atomic E-state index is 0.0255. The summed E-state index contributed by atoms with van der Waals surface area (Å²) < 4.78 is 55.1. The third-order valence-corrected chi connectivity index (χ3v) is 5.99. The Hall–Kier alpha value is -2.93. The number of nitrogens with one attached hydrogen (secondary N) is 2. The first-order valence-electron chi connectivity index (χ1n) is 8.12. The first-order valence-corrected chi connectivity index (χ1v) is 9.61. The van der Waals surface area contributed by atoms with Gasteiger partial charge in [-0.25, -0.2) is 22.0 Å². The van der Waals surface area contributed by atoms with E-state index in [1.54, 1.807) is 12.1 Å². The smallest absolute Gasteiger partial charge is 0.265 e. The second-order valence-electron chi connectivity index (χ2n) is 6.63. The maximum absolute atomic E-state index is 13.0. The molecule has 4 rings (SSSR count). The number of alkyl halides is 2. The highest BCUT2D eigenvalue weighted by Gasteiger charge is 2.56. The largest absolute Gasteiger partial charge is 0.370 e. The van der Waals surface area contributed by atoms with Crippen molar-refractivity contribution in [3.05, 3.63) is 47.7 Å². The van der Waals surface area contributed by atoms with Gasteiger partial charge in [0.05, 0.1) is 24.0 Å². The van der Waals surface area contributed by atoms with Gasteiger partial charge in [0.2, 0.25) is 5.69 Å². The predicted molar refractivity (Wildman–Crippen MR) is 95.4 cm³/mol. The Morgan fingerprint density at radius 3 is 2.89 bits per heavy atom. The summed E-state index contributed by atoms with van der Waals surface area (Å²) in [5.74, 6) is -3.49. The molecule has 1 unspecified atom stereocenters. The number of hydrogen-bond acceptors (Lipinski definition) is 3. The maximum atomic E-state index is 13.0. The van der Waals surface area contributed by atoms with Crippen LogP contribution in [0.3, 0.4) is 0 Å². The molecular formula is C17H15F2N5O2S. The van der Waals surface area contributed by atoms with Gasteiger partial charge in [-0.05, 0) is 13.0 Å². The summed E-state index contributed by atoms with van der Waals surface area (Å²) in [5, 5.41) is 4.53. The van der Waals surface area contributed by atoms with Crippen LogP contribution in [0.25, 0.3) is 15.7 Å². The lowest BCUT2D eigenvalue weighted by Gasteiger charge is -2.09.